The number of β-amino-alcohol motifs (C(OH)–C–C–N with tert-alkyl or cyclic N) is 1. The van der Waals surface area contributed by atoms with E-state index in [9.17, 15) is 18.3 Å². The van der Waals surface area contributed by atoms with E-state index < -0.39 is 27.3 Å². The van der Waals surface area contributed by atoms with Crippen LogP contribution in [0, 0.1) is 0 Å². The molecular formula is C22H25N3O5S. The standard InChI is InChI=1S/C22H25N3O5S/c1-21(2,3)30-20(26)24-13-11-22(27,15-24)18-14-16-8-7-12-23-19(16)25(18)31(28,29)17-9-5-4-6-10-17/h4-10,12,14,27H,11,13,15H2,1-3H3/t22-/m0/s1. The molecule has 0 radical (unpaired) electrons. The fraction of sp³-hybridized carbons (Fsp3) is 0.364. The minimum atomic E-state index is -4.04. The number of amides is 1. The summed E-state index contributed by atoms with van der Waals surface area (Å²) in [5, 5.41) is 12.1. The molecule has 0 bridgehead atoms. The largest absolute Gasteiger partial charge is 0.444 e. The van der Waals surface area contributed by atoms with Gasteiger partial charge in [-0.15, -0.1) is 0 Å². The highest BCUT2D eigenvalue weighted by atomic mass is 32.2. The molecule has 3 aromatic rings. The Balaban J connectivity index is 1.81. The highest BCUT2D eigenvalue weighted by Gasteiger charge is 2.45. The highest BCUT2D eigenvalue weighted by Crippen LogP contribution is 2.37. The maximum absolute atomic E-state index is 13.5. The van der Waals surface area contributed by atoms with Crippen LogP contribution < -0.4 is 0 Å². The van der Waals surface area contributed by atoms with Crippen LogP contribution in [0.15, 0.2) is 59.6 Å². The molecular weight excluding hydrogens is 418 g/mol. The summed E-state index contributed by atoms with van der Waals surface area (Å²) in [4.78, 5) is 18.3. The maximum atomic E-state index is 13.5. The van der Waals surface area contributed by atoms with E-state index in [0.717, 1.165) is 3.97 Å². The van der Waals surface area contributed by atoms with E-state index in [4.69, 9.17) is 4.74 Å². The van der Waals surface area contributed by atoms with Gasteiger partial charge in [-0.25, -0.2) is 22.2 Å². The van der Waals surface area contributed by atoms with Crippen LogP contribution in [-0.2, 0) is 20.4 Å². The van der Waals surface area contributed by atoms with Crippen molar-refractivity contribution in [3.8, 4) is 0 Å². The first-order valence-electron chi connectivity index (χ1n) is 9.99. The lowest BCUT2D eigenvalue weighted by molar-refractivity contribution is 0.0125. The van der Waals surface area contributed by atoms with Crippen LogP contribution in [-0.4, -0.2) is 52.2 Å². The van der Waals surface area contributed by atoms with Gasteiger partial charge >= 0.3 is 6.09 Å². The zero-order chi connectivity index (χ0) is 22.4. The summed E-state index contributed by atoms with van der Waals surface area (Å²) < 4.78 is 33.6. The van der Waals surface area contributed by atoms with Crippen molar-refractivity contribution in [2.75, 3.05) is 13.1 Å². The fourth-order valence-electron chi connectivity index (χ4n) is 3.76. The Morgan fingerprint density at radius 2 is 1.87 bits per heavy atom. The van der Waals surface area contributed by atoms with Crippen LogP contribution in [0.2, 0.25) is 0 Å². The average molecular weight is 444 g/mol. The van der Waals surface area contributed by atoms with Gasteiger partial charge in [0.15, 0.2) is 5.65 Å². The van der Waals surface area contributed by atoms with Crippen molar-refractivity contribution in [1.82, 2.24) is 13.9 Å². The Bertz CT molecular complexity index is 1230. The number of nitrogens with zero attached hydrogens (tertiary/aromatic N) is 3. The summed E-state index contributed by atoms with van der Waals surface area (Å²) in [7, 11) is -4.04. The van der Waals surface area contributed by atoms with E-state index in [2.05, 4.69) is 4.98 Å². The van der Waals surface area contributed by atoms with E-state index in [-0.39, 0.29) is 35.7 Å². The molecule has 4 rings (SSSR count). The van der Waals surface area contributed by atoms with Gasteiger partial charge in [-0.1, -0.05) is 18.2 Å². The molecule has 1 aromatic carbocycles. The normalized spacial score (nSPS) is 19.7. The third-order valence-corrected chi connectivity index (χ3v) is 6.90. The van der Waals surface area contributed by atoms with Gasteiger partial charge in [0.05, 0.1) is 17.1 Å². The Morgan fingerprint density at radius 1 is 1.16 bits per heavy atom. The Morgan fingerprint density at radius 3 is 2.55 bits per heavy atom. The molecule has 8 nitrogen and oxygen atoms in total. The molecule has 0 aliphatic carbocycles. The lowest BCUT2D eigenvalue weighted by Gasteiger charge is -2.27. The summed E-state index contributed by atoms with van der Waals surface area (Å²) in [5.41, 5.74) is -1.84. The quantitative estimate of drug-likeness (QED) is 0.667. The molecule has 3 heterocycles. The number of rotatable bonds is 3. The number of ether oxygens (including phenoxy) is 1. The van der Waals surface area contributed by atoms with Crippen LogP contribution in [0.1, 0.15) is 32.9 Å². The summed E-state index contributed by atoms with van der Waals surface area (Å²) in [6, 6.07) is 13.1. The topological polar surface area (TPSA) is 102 Å². The number of carbonyl (C=O) groups excluding carboxylic acids is 1. The first-order chi connectivity index (χ1) is 14.5. The van der Waals surface area contributed by atoms with Gasteiger partial charge in [0.25, 0.3) is 10.0 Å². The van der Waals surface area contributed by atoms with Crippen molar-refractivity contribution in [3.63, 3.8) is 0 Å². The number of hydrogen-bond donors (Lipinski definition) is 1. The lowest BCUT2D eigenvalue weighted by atomic mass is 9.99. The number of hydrogen-bond acceptors (Lipinski definition) is 6. The molecule has 164 valence electrons. The summed E-state index contributed by atoms with van der Waals surface area (Å²) in [5.74, 6) is 0. The van der Waals surface area contributed by atoms with Crippen molar-refractivity contribution < 1.29 is 23.1 Å². The Kier molecular flexibility index (Phi) is 5.06. The van der Waals surface area contributed by atoms with E-state index in [1.54, 1.807) is 57.2 Å². The molecule has 1 aliphatic rings. The van der Waals surface area contributed by atoms with Crippen molar-refractivity contribution in [1.29, 1.82) is 0 Å². The van der Waals surface area contributed by atoms with E-state index in [1.165, 1.54) is 23.2 Å². The third kappa shape index (κ3) is 3.90. The summed E-state index contributed by atoms with van der Waals surface area (Å²) >= 11 is 0. The van der Waals surface area contributed by atoms with E-state index in [0.29, 0.717) is 5.39 Å². The Labute approximate surface area is 181 Å². The predicted octanol–water partition coefficient (Wildman–Crippen LogP) is 3.10. The van der Waals surface area contributed by atoms with Crippen molar-refractivity contribution in [2.45, 2.75) is 43.3 Å². The second-order valence-corrected chi connectivity index (χ2v) is 10.5. The third-order valence-electron chi connectivity index (χ3n) is 5.18. The van der Waals surface area contributed by atoms with Gasteiger partial charge in [-0.3, -0.25) is 0 Å². The van der Waals surface area contributed by atoms with Crippen LogP contribution in [0.25, 0.3) is 11.0 Å². The van der Waals surface area contributed by atoms with E-state index >= 15 is 0 Å². The number of pyridine rings is 1. The molecule has 1 aliphatic heterocycles. The van der Waals surface area contributed by atoms with Gasteiger partial charge in [0.2, 0.25) is 0 Å². The SMILES string of the molecule is CC(C)(C)OC(=O)N1CC[C@@](O)(c2cc3cccnc3n2S(=O)(=O)c2ccccc2)C1. The van der Waals surface area contributed by atoms with Crippen LogP contribution in [0.4, 0.5) is 4.79 Å². The van der Waals surface area contributed by atoms with Crippen molar-refractivity contribution in [3.05, 3.63) is 60.4 Å². The number of carbonyl (C=O) groups is 1. The monoisotopic (exact) mass is 443 g/mol. The van der Waals surface area contributed by atoms with Crippen molar-refractivity contribution in [2.24, 2.45) is 0 Å². The smallest absolute Gasteiger partial charge is 0.410 e. The Hall–Kier alpha value is -2.91. The summed E-state index contributed by atoms with van der Waals surface area (Å²) in [6.07, 6.45) is 1.14. The van der Waals surface area contributed by atoms with Gasteiger partial charge in [0.1, 0.15) is 11.2 Å². The molecule has 31 heavy (non-hydrogen) atoms. The molecule has 1 N–H and O–H groups in total. The van der Waals surface area contributed by atoms with Crippen molar-refractivity contribution >= 4 is 27.1 Å². The molecule has 1 atom stereocenters. The van der Waals surface area contributed by atoms with Crippen LogP contribution >= 0.6 is 0 Å². The minimum absolute atomic E-state index is 0.0808. The molecule has 0 spiro atoms. The number of benzene rings is 1. The zero-order valence-electron chi connectivity index (χ0n) is 17.6. The van der Waals surface area contributed by atoms with Gasteiger partial charge in [-0.2, -0.15) is 0 Å². The van der Waals surface area contributed by atoms with Crippen LogP contribution in [0.5, 0.6) is 0 Å². The molecule has 0 saturated carbocycles. The molecule has 0 unspecified atom stereocenters. The highest BCUT2D eigenvalue weighted by molar-refractivity contribution is 7.90. The van der Waals surface area contributed by atoms with Gasteiger partial charge < -0.3 is 14.7 Å². The average Bonchev–Trinajstić information content (AvgIpc) is 3.30. The molecule has 1 saturated heterocycles. The summed E-state index contributed by atoms with van der Waals surface area (Å²) in [6.45, 7) is 5.46. The number of aromatic nitrogens is 2. The number of aliphatic hydroxyl groups is 1. The molecule has 9 heteroatoms. The number of likely N-dealkylation sites (tertiary alicyclic amines) is 1. The molecule has 1 fully saturated rings. The molecule has 1 amide bonds. The predicted molar refractivity (Wildman–Crippen MR) is 115 cm³/mol. The van der Waals surface area contributed by atoms with Crippen LogP contribution in [0.3, 0.4) is 0 Å². The maximum Gasteiger partial charge on any atom is 0.410 e. The fourth-order valence-corrected chi connectivity index (χ4v) is 5.34. The van der Waals surface area contributed by atoms with E-state index in [1.807, 2.05) is 0 Å². The number of fused-ring (bicyclic) bond motifs is 1. The zero-order valence-corrected chi connectivity index (χ0v) is 18.5. The minimum Gasteiger partial charge on any atom is -0.444 e. The van der Waals surface area contributed by atoms with Gasteiger partial charge in [0, 0.05) is 24.5 Å². The second kappa shape index (κ2) is 7.35. The lowest BCUT2D eigenvalue weighted by Crippen LogP contribution is -2.39. The van der Waals surface area contributed by atoms with Gasteiger partial charge in [-0.05, 0) is 51.1 Å². The first-order valence-corrected chi connectivity index (χ1v) is 11.4. The second-order valence-electron chi connectivity index (χ2n) is 8.71. The first kappa shape index (κ1) is 21.3. The molecule has 2 aromatic heterocycles.